The van der Waals surface area contributed by atoms with Crippen LogP contribution in [0.3, 0.4) is 0 Å². The van der Waals surface area contributed by atoms with Gasteiger partial charge in [0.15, 0.2) is 0 Å². The SMILES string of the molecule is Cc1cccc(C)c1[PH+](C1CCCCC1)C1CCCCC1.[CH-]=O.[CH2-]c1cccc(C)c1[PH+](C1CCCCC1)C1CCCCC1.[Cl][Ru+2]. The molecule has 4 fully saturated rings. The van der Waals surface area contributed by atoms with Gasteiger partial charge in [0.05, 0.1) is 27.9 Å². The Kier molecular flexibility index (Phi) is 19.6. The Hall–Kier alpha value is -0.247. The third-order valence-electron chi connectivity index (χ3n) is 11.6. The van der Waals surface area contributed by atoms with E-state index in [0.717, 1.165) is 22.6 Å². The molecule has 4 saturated carbocycles. The predicted molar refractivity (Wildman–Crippen MR) is 208 cm³/mol. The molecule has 5 heteroatoms. The molecule has 0 saturated heterocycles. The van der Waals surface area contributed by atoms with Gasteiger partial charge in [-0.3, -0.25) is 6.79 Å². The normalized spacial score (nSPS) is 20.1. The van der Waals surface area contributed by atoms with E-state index in [9.17, 15) is 0 Å². The van der Waals surface area contributed by atoms with Gasteiger partial charge in [-0.2, -0.15) is 18.6 Å². The molecule has 0 unspecified atom stereocenters. The molecule has 0 amide bonds. The van der Waals surface area contributed by atoms with Crippen LogP contribution in [0.1, 0.15) is 151 Å². The van der Waals surface area contributed by atoms with Gasteiger partial charge in [0.25, 0.3) is 0 Å². The minimum atomic E-state index is -0.446. The van der Waals surface area contributed by atoms with Crippen LogP contribution in [0.2, 0.25) is 0 Å². The van der Waals surface area contributed by atoms with Crippen molar-refractivity contribution in [2.24, 2.45) is 0 Å². The molecule has 6 rings (SSSR count). The molecule has 0 aliphatic heterocycles. The van der Waals surface area contributed by atoms with E-state index < -0.39 is 7.92 Å². The van der Waals surface area contributed by atoms with E-state index in [2.05, 4.69) is 80.6 Å². The summed E-state index contributed by atoms with van der Waals surface area (Å²) in [4.78, 5) is 7.75. The first kappa shape index (κ1) is 40.2. The molecule has 4 aliphatic carbocycles. The first-order valence-corrected chi connectivity index (χ1v) is 24.2. The number of hydrogen-bond donors (Lipinski definition) is 0. The first-order chi connectivity index (χ1) is 22.5. The standard InChI is InChI=1S/C20H31P.C20H30P.CHO.ClH.Ru/c2*1-16-10-9-11-17(2)20(16)21(18-12-5-3-6-13-18)19-14-7-4-8-15-19;1-2;;/h9-11,18-19H,3-8,12-15H2,1-2H3;9-11,18-19H,1,3-8,12-15H2,2H3;1H;1H;/q;2*-1;;+3/p+1. The van der Waals surface area contributed by atoms with Crippen LogP contribution in [0.4, 0.5) is 0 Å². The summed E-state index contributed by atoms with van der Waals surface area (Å²) in [6, 6.07) is 13.8. The molecule has 0 atom stereocenters. The van der Waals surface area contributed by atoms with Gasteiger partial charge in [0.2, 0.25) is 0 Å². The van der Waals surface area contributed by atoms with Gasteiger partial charge in [0, 0.05) is 7.92 Å². The maximum absolute atomic E-state index is 7.75. The number of carbonyl (C=O) groups excluding carboxylic acids is 1. The zero-order valence-corrected chi connectivity index (χ0v) is 33.8. The predicted octanol–water partition coefficient (Wildman–Crippen LogP) is 11.9. The molecule has 0 N–H and O–H groups in total. The van der Waals surface area contributed by atoms with Crippen LogP contribution in [-0.2, 0) is 22.1 Å². The second-order valence-corrected chi connectivity index (χ2v) is 20.7. The average Bonchev–Trinajstić information content (AvgIpc) is 3.12. The Balaban J connectivity index is 0.000000226. The zero-order chi connectivity index (χ0) is 33.3. The Labute approximate surface area is 300 Å². The van der Waals surface area contributed by atoms with Gasteiger partial charge in [-0.1, -0.05) is 55.5 Å². The van der Waals surface area contributed by atoms with Crippen molar-refractivity contribution in [3.05, 3.63) is 65.6 Å². The fourth-order valence-corrected chi connectivity index (χ4v) is 18.7. The van der Waals surface area contributed by atoms with E-state index in [4.69, 9.17) is 4.79 Å². The van der Waals surface area contributed by atoms with Crippen molar-refractivity contribution < 1.29 is 22.1 Å². The summed E-state index contributed by atoms with van der Waals surface area (Å²) in [5.74, 6) is 0. The van der Waals surface area contributed by atoms with Crippen LogP contribution in [0.25, 0.3) is 0 Å². The molecule has 257 valence electrons. The van der Waals surface area contributed by atoms with Crippen molar-refractivity contribution in [1.29, 1.82) is 0 Å². The van der Waals surface area contributed by atoms with Crippen LogP contribution < -0.4 is 10.6 Å². The molecular formula is C41H64ClOP2Ru+2. The molecule has 0 spiro atoms. The molecule has 46 heavy (non-hydrogen) atoms. The number of halogens is 1. The van der Waals surface area contributed by atoms with Gasteiger partial charge in [-0.05, 0) is 148 Å². The second-order valence-electron chi connectivity index (χ2n) is 14.6. The Bertz CT molecular complexity index is 953. The van der Waals surface area contributed by atoms with Crippen molar-refractivity contribution in [1.82, 2.24) is 0 Å². The summed E-state index contributed by atoms with van der Waals surface area (Å²) in [6.07, 6.45) is 29.9. The summed E-state index contributed by atoms with van der Waals surface area (Å²) in [7, 11) is 3.74. The number of hydrogen-bond acceptors (Lipinski definition) is 1. The first-order valence-electron chi connectivity index (χ1n) is 18.6. The van der Waals surface area contributed by atoms with E-state index in [1.165, 1.54) is 140 Å². The zero-order valence-electron chi connectivity index (χ0n) is 29.3. The summed E-state index contributed by atoms with van der Waals surface area (Å²) in [5, 5.41) is 3.56. The van der Waals surface area contributed by atoms with Crippen LogP contribution in [-0.4, -0.2) is 29.4 Å². The van der Waals surface area contributed by atoms with Gasteiger partial charge in [-0.25, -0.2) is 0 Å². The van der Waals surface area contributed by atoms with E-state index in [0.29, 0.717) is 0 Å². The molecule has 0 aromatic heterocycles. The second kappa shape index (κ2) is 22.5. The molecule has 0 bridgehead atoms. The molecule has 4 aliphatic rings. The maximum atomic E-state index is 7.75. The van der Waals surface area contributed by atoms with Crippen molar-refractivity contribution in [2.45, 2.75) is 172 Å². The van der Waals surface area contributed by atoms with E-state index in [-0.39, 0.29) is 7.92 Å². The fourth-order valence-electron chi connectivity index (χ4n) is 9.55. The Morgan fingerprint density at radius 1 is 0.522 bits per heavy atom. The number of benzene rings is 2. The molecule has 2 aromatic carbocycles. The molecular weight excluding hydrogens is 707 g/mol. The van der Waals surface area contributed by atoms with E-state index in [1.807, 2.05) is 22.6 Å². The van der Waals surface area contributed by atoms with Crippen molar-refractivity contribution >= 4 is 42.9 Å². The van der Waals surface area contributed by atoms with Gasteiger partial charge >= 0.3 is 27.0 Å². The summed E-state index contributed by atoms with van der Waals surface area (Å²) in [5.41, 5.74) is 10.2. The molecule has 1 nitrogen and oxygen atoms in total. The van der Waals surface area contributed by atoms with Crippen LogP contribution in [0, 0.1) is 27.7 Å². The molecule has 0 radical (unpaired) electrons. The summed E-state index contributed by atoms with van der Waals surface area (Å²) in [6.45, 7) is 14.7. The monoisotopic (exact) mass is 771 g/mol. The third-order valence-corrected chi connectivity index (χ3v) is 20.1. The van der Waals surface area contributed by atoms with Crippen molar-refractivity contribution in [3.8, 4) is 0 Å². The summed E-state index contributed by atoms with van der Waals surface area (Å²) < 4.78 is 0. The Morgan fingerprint density at radius 2 is 0.783 bits per heavy atom. The van der Waals surface area contributed by atoms with Crippen LogP contribution in [0.5, 0.6) is 0 Å². The number of rotatable bonds is 6. The average molecular weight is 771 g/mol. The third kappa shape index (κ3) is 11.4. The van der Waals surface area contributed by atoms with Gasteiger partial charge in [0.1, 0.15) is 0 Å². The van der Waals surface area contributed by atoms with E-state index in [1.54, 1.807) is 16.4 Å². The van der Waals surface area contributed by atoms with Crippen molar-refractivity contribution in [3.63, 3.8) is 0 Å². The Morgan fingerprint density at radius 3 is 1.09 bits per heavy atom. The fraction of sp³-hybridized carbons (Fsp3) is 0.659. The molecule has 0 heterocycles. The van der Waals surface area contributed by atoms with Crippen LogP contribution in [0.15, 0.2) is 36.4 Å². The van der Waals surface area contributed by atoms with E-state index >= 15 is 0 Å². The summed E-state index contributed by atoms with van der Waals surface area (Å²) >= 11 is 1.82. The van der Waals surface area contributed by atoms with Gasteiger partial charge < -0.3 is 4.79 Å². The van der Waals surface area contributed by atoms with Crippen LogP contribution >= 0.6 is 25.5 Å². The molecule has 2 aromatic rings. The number of aryl methyl sites for hydroxylation is 3. The topological polar surface area (TPSA) is 17.1 Å². The quantitative estimate of drug-likeness (QED) is 0.124. The van der Waals surface area contributed by atoms with Gasteiger partial charge in [-0.15, -0.1) is 6.07 Å². The minimum absolute atomic E-state index is 0.384. The van der Waals surface area contributed by atoms with Crippen molar-refractivity contribution in [2.75, 3.05) is 0 Å².